The Hall–Kier alpha value is -2.49. The molecular formula is C19H22O4. The zero-order chi connectivity index (χ0) is 17.0. The third-order valence-electron chi connectivity index (χ3n) is 3.53. The first-order valence-corrected chi connectivity index (χ1v) is 7.54. The molecule has 122 valence electrons. The Balaban J connectivity index is 2.54. The van der Waals surface area contributed by atoms with Crippen LogP contribution < -0.4 is 14.2 Å². The SMILES string of the molecule is COc1cc(C=O)cc(Oc2cccc(C)c2C)c1OC(C)C. The van der Waals surface area contributed by atoms with Crippen molar-refractivity contribution in [1.29, 1.82) is 0 Å². The molecule has 4 heteroatoms. The number of benzene rings is 2. The van der Waals surface area contributed by atoms with Crippen LogP contribution in [-0.4, -0.2) is 19.5 Å². The fraction of sp³-hybridized carbons (Fsp3) is 0.316. The lowest BCUT2D eigenvalue weighted by molar-refractivity contribution is 0.112. The minimum Gasteiger partial charge on any atom is -0.493 e. The molecule has 0 aliphatic carbocycles. The molecular weight excluding hydrogens is 292 g/mol. The van der Waals surface area contributed by atoms with E-state index in [2.05, 4.69) is 0 Å². The number of carbonyl (C=O) groups is 1. The molecule has 2 aromatic carbocycles. The van der Waals surface area contributed by atoms with Crippen LogP contribution in [0.15, 0.2) is 30.3 Å². The molecule has 0 unspecified atom stereocenters. The predicted molar refractivity (Wildman–Crippen MR) is 90.1 cm³/mol. The van der Waals surface area contributed by atoms with Gasteiger partial charge in [-0.15, -0.1) is 0 Å². The second kappa shape index (κ2) is 7.18. The molecule has 0 radical (unpaired) electrons. The number of rotatable bonds is 6. The zero-order valence-electron chi connectivity index (χ0n) is 14.2. The van der Waals surface area contributed by atoms with Crippen molar-refractivity contribution in [2.24, 2.45) is 0 Å². The molecule has 0 fully saturated rings. The van der Waals surface area contributed by atoms with Gasteiger partial charge in [0.25, 0.3) is 0 Å². The quantitative estimate of drug-likeness (QED) is 0.725. The van der Waals surface area contributed by atoms with Gasteiger partial charge in [-0.25, -0.2) is 0 Å². The van der Waals surface area contributed by atoms with Crippen molar-refractivity contribution in [3.05, 3.63) is 47.0 Å². The second-order valence-electron chi connectivity index (χ2n) is 5.63. The zero-order valence-corrected chi connectivity index (χ0v) is 14.2. The largest absolute Gasteiger partial charge is 0.493 e. The standard InChI is InChI=1S/C19H22O4/c1-12(2)22-19-17(21-5)9-15(11-20)10-18(19)23-16-8-6-7-13(3)14(16)4/h6-12H,1-5H3. The number of carbonyl (C=O) groups excluding carboxylic acids is 1. The summed E-state index contributed by atoms with van der Waals surface area (Å²) in [6.07, 6.45) is 0.712. The van der Waals surface area contributed by atoms with Gasteiger partial charge in [-0.2, -0.15) is 0 Å². The number of aldehydes is 1. The maximum absolute atomic E-state index is 11.2. The van der Waals surface area contributed by atoms with Crippen molar-refractivity contribution < 1.29 is 19.0 Å². The van der Waals surface area contributed by atoms with Crippen LogP contribution in [0, 0.1) is 13.8 Å². The monoisotopic (exact) mass is 314 g/mol. The number of hydrogen-bond acceptors (Lipinski definition) is 4. The first-order chi connectivity index (χ1) is 11.0. The number of ether oxygens (including phenoxy) is 3. The van der Waals surface area contributed by atoms with Crippen LogP contribution in [0.4, 0.5) is 0 Å². The van der Waals surface area contributed by atoms with E-state index in [-0.39, 0.29) is 6.10 Å². The Kier molecular flexibility index (Phi) is 5.27. The van der Waals surface area contributed by atoms with Crippen molar-refractivity contribution in [1.82, 2.24) is 0 Å². The smallest absolute Gasteiger partial charge is 0.204 e. The molecule has 0 heterocycles. The highest BCUT2D eigenvalue weighted by Crippen LogP contribution is 2.42. The molecule has 4 nitrogen and oxygen atoms in total. The van der Waals surface area contributed by atoms with E-state index < -0.39 is 0 Å². The van der Waals surface area contributed by atoms with E-state index in [1.54, 1.807) is 19.2 Å². The molecule has 2 aromatic rings. The van der Waals surface area contributed by atoms with Gasteiger partial charge in [-0.3, -0.25) is 4.79 Å². The summed E-state index contributed by atoms with van der Waals surface area (Å²) >= 11 is 0. The summed E-state index contributed by atoms with van der Waals surface area (Å²) in [4.78, 5) is 11.2. The Morgan fingerprint density at radius 3 is 2.35 bits per heavy atom. The molecule has 0 N–H and O–H groups in total. The molecule has 0 saturated carbocycles. The van der Waals surface area contributed by atoms with Crippen molar-refractivity contribution in [2.75, 3.05) is 7.11 Å². The first-order valence-electron chi connectivity index (χ1n) is 7.54. The van der Waals surface area contributed by atoms with Crippen LogP contribution in [0.2, 0.25) is 0 Å². The summed E-state index contributed by atoms with van der Waals surface area (Å²) in [5.74, 6) is 2.16. The van der Waals surface area contributed by atoms with Crippen molar-refractivity contribution in [3.63, 3.8) is 0 Å². The molecule has 2 rings (SSSR count). The van der Waals surface area contributed by atoms with Gasteiger partial charge < -0.3 is 14.2 Å². The van der Waals surface area contributed by atoms with Gasteiger partial charge in [-0.1, -0.05) is 12.1 Å². The normalized spacial score (nSPS) is 10.5. The van der Waals surface area contributed by atoms with Gasteiger partial charge in [0.2, 0.25) is 5.75 Å². The summed E-state index contributed by atoms with van der Waals surface area (Å²) in [6.45, 7) is 7.87. The van der Waals surface area contributed by atoms with Crippen molar-refractivity contribution in [3.8, 4) is 23.0 Å². The summed E-state index contributed by atoms with van der Waals surface area (Å²) in [7, 11) is 1.54. The Morgan fingerprint density at radius 1 is 1.04 bits per heavy atom. The molecule has 0 atom stereocenters. The van der Waals surface area contributed by atoms with Crippen LogP contribution in [0.5, 0.6) is 23.0 Å². The second-order valence-corrected chi connectivity index (χ2v) is 5.63. The third-order valence-corrected chi connectivity index (χ3v) is 3.53. The maximum atomic E-state index is 11.2. The highest BCUT2D eigenvalue weighted by molar-refractivity contribution is 5.78. The third kappa shape index (κ3) is 3.83. The van der Waals surface area contributed by atoms with E-state index in [0.29, 0.717) is 22.8 Å². The fourth-order valence-corrected chi connectivity index (χ4v) is 2.20. The van der Waals surface area contributed by atoms with Crippen LogP contribution in [0.25, 0.3) is 0 Å². The van der Waals surface area contributed by atoms with Gasteiger partial charge in [0.05, 0.1) is 13.2 Å². The van der Waals surface area contributed by atoms with E-state index in [0.717, 1.165) is 23.2 Å². The van der Waals surface area contributed by atoms with Gasteiger partial charge in [-0.05, 0) is 57.0 Å². The number of aryl methyl sites for hydroxylation is 1. The van der Waals surface area contributed by atoms with Crippen LogP contribution >= 0.6 is 0 Å². The van der Waals surface area contributed by atoms with Gasteiger partial charge in [0.15, 0.2) is 11.5 Å². The Labute approximate surface area is 137 Å². The summed E-state index contributed by atoms with van der Waals surface area (Å²) < 4.78 is 17.2. The molecule has 0 bridgehead atoms. The first kappa shape index (κ1) is 16.9. The van der Waals surface area contributed by atoms with Crippen molar-refractivity contribution in [2.45, 2.75) is 33.8 Å². The minimum atomic E-state index is -0.0491. The lowest BCUT2D eigenvalue weighted by Gasteiger charge is -2.19. The van der Waals surface area contributed by atoms with Crippen LogP contribution in [0.1, 0.15) is 35.3 Å². The Bertz CT molecular complexity index is 705. The molecule has 0 aliphatic heterocycles. The Morgan fingerprint density at radius 2 is 1.74 bits per heavy atom. The lowest BCUT2D eigenvalue weighted by atomic mass is 10.1. The van der Waals surface area contributed by atoms with Gasteiger partial charge >= 0.3 is 0 Å². The summed E-state index contributed by atoms with van der Waals surface area (Å²) in [5, 5.41) is 0. The number of hydrogen-bond donors (Lipinski definition) is 0. The fourth-order valence-electron chi connectivity index (χ4n) is 2.20. The van der Waals surface area contributed by atoms with Gasteiger partial charge in [0.1, 0.15) is 12.0 Å². The van der Waals surface area contributed by atoms with E-state index >= 15 is 0 Å². The van der Waals surface area contributed by atoms with E-state index in [4.69, 9.17) is 14.2 Å². The number of methoxy groups -OCH3 is 1. The average Bonchev–Trinajstić information content (AvgIpc) is 2.52. The van der Waals surface area contributed by atoms with Crippen LogP contribution in [0.3, 0.4) is 0 Å². The lowest BCUT2D eigenvalue weighted by Crippen LogP contribution is -2.08. The van der Waals surface area contributed by atoms with Crippen molar-refractivity contribution >= 4 is 6.29 Å². The van der Waals surface area contributed by atoms with E-state index in [1.165, 1.54) is 0 Å². The predicted octanol–water partition coefficient (Wildman–Crippen LogP) is 4.70. The highest BCUT2D eigenvalue weighted by atomic mass is 16.5. The molecule has 0 amide bonds. The van der Waals surface area contributed by atoms with Crippen LogP contribution in [-0.2, 0) is 0 Å². The van der Waals surface area contributed by atoms with E-state index in [9.17, 15) is 4.79 Å². The molecule has 0 saturated heterocycles. The summed E-state index contributed by atoms with van der Waals surface area (Å²) in [5.41, 5.74) is 2.64. The molecule has 0 aliphatic rings. The molecule has 0 aromatic heterocycles. The topological polar surface area (TPSA) is 44.8 Å². The average molecular weight is 314 g/mol. The van der Waals surface area contributed by atoms with Gasteiger partial charge in [0, 0.05) is 5.56 Å². The molecule has 23 heavy (non-hydrogen) atoms. The maximum Gasteiger partial charge on any atom is 0.204 e. The summed E-state index contributed by atoms with van der Waals surface area (Å²) in [6, 6.07) is 9.15. The molecule has 0 spiro atoms. The minimum absolute atomic E-state index is 0.0491. The highest BCUT2D eigenvalue weighted by Gasteiger charge is 2.17. The van der Waals surface area contributed by atoms with E-state index in [1.807, 2.05) is 45.9 Å².